The number of para-hydroxylation sites is 1. The smallest absolute Gasteiger partial charge is 0.408 e. The van der Waals surface area contributed by atoms with Crippen LogP contribution < -0.4 is 4.74 Å². The maximum absolute atomic E-state index is 13.1. The normalized spacial score (nSPS) is 15.6. The maximum atomic E-state index is 13.1. The van der Waals surface area contributed by atoms with E-state index in [4.69, 9.17) is 11.6 Å². The summed E-state index contributed by atoms with van der Waals surface area (Å²) in [6.07, 6.45) is -2.02. The van der Waals surface area contributed by atoms with Crippen LogP contribution >= 0.6 is 11.6 Å². The molecule has 1 aromatic carbocycles. The Morgan fingerprint density at radius 2 is 2.11 bits per heavy atom. The van der Waals surface area contributed by atoms with Crippen LogP contribution in [0.25, 0.3) is 0 Å². The Labute approximate surface area is 108 Å². The van der Waals surface area contributed by atoms with E-state index in [1.54, 1.807) is 12.1 Å². The van der Waals surface area contributed by atoms with Crippen LogP contribution in [0.2, 0.25) is 0 Å². The van der Waals surface area contributed by atoms with E-state index in [2.05, 4.69) is 9.47 Å². The third-order valence-electron chi connectivity index (χ3n) is 2.73. The Balaban J connectivity index is 2.43. The highest BCUT2D eigenvalue weighted by molar-refractivity contribution is 6.68. The molecule has 0 atom stereocenters. The van der Waals surface area contributed by atoms with Crippen molar-refractivity contribution in [3.05, 3.63) is 29.3 Å². The molecule has 2 rings (SSSR count). The largest absolute Gasteiger partial charge is 0.535 e. The highest BCUT2D eigenvalue weighted by Gasteiger charge is 2.37. The minimum atomic E-state index is -3.79. The van der Waals surface area contributed by atoms with Gasteiger partial charge in [0, 0.05) is 7.11 Å². The zero-order valence-corrected chi connectivity index (χ0v) is 10.3. The molecule has 0 N–H and O–H groups in total. The fourth-order valence-corrected chi connectivity index (χ4v) is 1.85. The highest BCUT2D eigenvalue weighted by Crippen LogP contribution is 2.46. The highest BCUT2D eigenvalue weighted by atomic mass is 35.5. The van der Waals surface area contributed by atoms with Gasteiger partial charge in [-0.25, -0.2) is 0 Å². The summed E-state index contributed by atoms with van der Waals surface area (Å²) in [5, 5.41) is -0.834. The van der Waals surface area contributed by atoms with Gasteiger partial charge in [0.2, 0.25) is 0 Å². The fraction of sp³-hybridized carbons (Fsp3) is 0.417. The van der Waals surface area contributed by atoms with Gasteiger partial charge in [-0.05, 0) is 42.0 Å². The van der Waals surface area contributed by atoms with Gasteiger partial charge < -0.3 is 4.74 Å². The van der Waals surface area contributed by atoms with Gasteiger partial charge in [-0.1, -0.05) is 12.1 Å². The second-order valence-electron chi connectivity index (χ2n) is 4.04. The van der Waals surface area contributed by atoms with Crippen molar-refractivity contribution in [3.8, 4) is 5.75 Å². The average molecular weight is 277 g/mol. The summed E-state index contributed by atoms with van der Waals surface area (Å²) in [6.45, 7) is 0. The van der Waals surface area contributed by atoms with Crippen LogP contribution in [0, 0.1) is 0 Å². The SMILES string of the molecule is COC(F)(F)Oc1c(C(=O)Cl)cccc1C1CC1. The van der Waals surface area contributed by atoms with E-state index >= 15 is 0 Å². The first-order chi connectivity index (χ1) is 8.44. The molecule has 98 valence electrons. The van der Waals surface area contributed by atoms with Crippen molar-refractivity contribution in [1.82, 2.24) is 0 Å². The first-order valence-corrected chi connectivity index (χ1v) is 5.77. The van der Waals surface area contributed by atoms with Gasteiger partial charge >= 0.3 is 6.29 Å². The first kappa shape index (κ1) is 13.2. The third kappa shape index (κ3) is 2.79. The molecule has 3 nitrogen and oxygen atoms in total. The minimum Gasteiger partial charge on any atom is -0.408 e. The van der Waals surface area contributed by atoms with Crippen molar-refractivity contribution in [1.29, 1.82) is 0 Å². The van der Waals surface area contributed by atoms with Crippen LogP contribution in [-0.4, -0.2) is 18.6 Å². The van der Waals surface area contributed by atoms with Gasteiger partial charge in [0.25, 0.3) is 5.24 Å². The summed E-state index contributed by atoms with van der Waals surface area (Å²) >= 11 is 5.37. The molecule has 0 saturated heterocycles. The van der Waals surface area contributed by atoms with Gasteiger partial charge in [-0.15, -0.1) is 8.78 Å². The molecule has 18 heavy (non-hydrogen) atoms. The predicted octanol–water partition coefficient (Wildman–Crippen LogP) is 3.52. The number of rotatable bonds is 5. The van der Waals surface area contributed by atoms with Crippen LogP contribution in [-0.2, 0) is 4.74 Å². The van der Waals surface area contributed by atoms with Gasteiger partial charge in [-0.3, -0.25) is 9.53 Å². The molecule has 1 aliphatic rings. The van der Waals surface area contributed by atoms with E-state index in [9.17, 15) is 13.6 Å². The number of carbonyl (C=O) groups is 1. The minimum absolute atomic E-state index is 0.0715. The van der Waals surface area contributed by atoms with E-state index in [-0.39, 0.29) is 17.2 Å². The third-order valence-corrected chi connectivity index (χ3v) is 2.94. The fourth-order valence-electron chi connectivity index (χ4n) is 1.70. The Bertz CT molecular complexity index is 472. The number of benzene rings is 1. The van der Waals surface area contributed by atoms with E-state index in [0.29, 0.717) is 5.56 Å². The lowest BCUT2D eigenvalue weighted by Crippen LogP contribution is -2.28. The number of alkyl halides is 2. The van der Waals surface area contributed by atoms with Crippen LogP contribution in [0.5, 0.6) is 5.75 Å². The topological polar surface area (TPSA) is 35.5 Å². The summed E-state index contributed by atoms with van der Waals surface area (Å²) in [5.41, 5.74) is 0.496. The molecule has 1 aromatic rings. The number of carbonyl (C=O) groups excluding carboxylic acids is 1. The Morgan fingerprint density at radius 1 is 1.44 bits per heavy atom. The van der Waals surface area contributed by atoms with Gasteiger partial charge in [-0.2, -0.15) is 0 Å². The molecule has 6 heteroatoms. The van der Waals surface area contributed by atoms with Crippen LogP contribution in [0.1, 0.15) is 34.7 Å². The van der Waals surface area contributed by atoms with Crippen molar-refractivity contribution in [2.45, 2.75) is 25.1 Å². The predicted molar refractivity (Wildman–Crippen MR) is 61.2 cm³/mol. The Hall–Kier alpha value is -1.20. The summed E-state index contributed by atoms with van der Waals surface area (Å²) in [5.74, 6) is -0.0459. The van der Waals surface area contributed by atoms with Crippen molar-refractivity contribution in [2.75, 3.05) is 7.11 Å². The average Bonchev–Trinajstić information content (AvgIpc) is 3.12. The zero-order chi connectivity index (χ0) is 13.3. The van der Waals surface area contributed by atoms with Crippen LogP contribution in [0.4, 0.5) is 8.78 Å². The Morgan fingerprint density at radius 3 is 2.61 bits per heavy atom. The van der Waals surface area contributed by atoms with Gasteiger partial charge in [0.1, 0.15) is 5.75 Å². The molecule has 0 unspecified atom stereocenters. The number of halogens is 3. The first-order valence-electron chi connectivity index (χ1n) is 5.39. The monoisotopic (exact) mass is 276 g/mol. The van der Waals surface area contributed by atoms with Crippen LogP contribution in [0.3, 0.4) is 0 Å². The van der Waals surface area contributed by atoms with Crippen molar-refractivity contribution in [2.24, 2.45) is 0 Å². The van der Waals surface area contributed by atoms with Gasteiger partial charge in [0.05, 0.1) is 5.56 Å². The number of methoxy groups -OCH3 is 1. The zero-order valence-electron chi connectivity index (χ0n) is 9.58. The number of ether oxygens (including phenoxy) is 2. The number of hydrogen-bond acceptors (Lipinski definition) is 3. The second-order valence-corrected chi connectivity index (χ2v) is 4.38. The summed E-state index contributed by atoms with van der Waals surface area (Å²) in [7, 11) is 0.821. The summed E-state index contributed by atoms with van der Waals surface area (Å²) in [6, 6.07) is 4.60. The van der Waals surface area contributed by atoms with Crippen molar-refractivity contribution in [3.63, 3.8) is 0 Å². The van der Waals surface area contributed by atoms with E-state index in [0.717, 1.165) is 20.0 Å². The molecule has 0 heterocycles. The lowest BCUT2D eigenvalue weighted by Gasteiger charge is -2.19. The molecular weight excluding hydrogens is 266 g/mol. The molecule has 1 aliphatic carbocycles. The van der Waals surface area contributed by atoms with Crippen molar-refractivity contribution >= 4 is 16.8 Å². The molecule has 1 fully saturated rings. The molecule has 0 radical (unpaired) electrons. The molecule has 0 aliphatic heterocycles. The van der Waals surface area contributed by atoms with E-state index in [1.165, 1.54) is 6.07 Å². The standard InChI is InChI=1S/C12H11ClF2O3/c1-17-12(14,15)18-10-8(7-5-6-7)3-2-4-9(10)11(13)16/h2-4,7H,5-6H2,1H3. The second kappa shape index (κ2) is 4.82. The number of hydrogen-bond donors (Lipinski definition) is 0. The molecule has 0 amide bonds. The maximum Gasteiger partial charge on any atom is 0.535 e. The summed E-state index contributed by atoms with van der Waals surface area (Å²) < 4.78 is 34.7. The van der Waals surface area contributed by atoms with E-state index < -0.39 is 11.5 Å². The van der Waals surface area contributed by atoms with Crippen molar-refractivity contribution < 1.29 is 23.0 Å². The molecule has 0 aromatic heterocycles. The molecule has 0 bridgehead atoms. The van der Waals surface area contributed by atoms with Crippen LogP contribution in [0.15, 0.2) is 18.2 Å². The molecule has 1 saturated carbocycles. The molecular formula is C12H11ClF2O3. The lowest BCUT2D eigenvalue weighted by atomic mass is 10.1. The van der Waals surface area contributed by atoms with E-state index in [1.807, 2.05) is 0 Å². The quantitative estimate of drug-likeness (QED) is 0.610. The Kier molecular flexibility index (Phi) is 3.54. The lowest BCUT2D eigenvalue weighted by molar-refractivity contribution is -0.342. The van der Waals surface area contributed by atoms with Gasteiger partial charge in [0.15, 0.2) is 0 Å². The summed E-state index contributed by atoms with van der Waals surface area (Å²) in [4.78, 5) is 11.2. The molecule has 0 spiro atoms.